The Kier molecular flexibility index (Phi) is 6.23. The second-order valence-corrected chi connectivity index (χ2v) is 13.9. The minimum atomic E-state index is -0.488. The molecule has 1 atom stereocenters. The smallest absolute Gasteiger partial charge is 0.133 e. The van der Waals surface area contributed by atoms with Crippen molar-refractivity contribution in [2.45, 2.75) is 11.5 Å². The summed E-state index contributed by atoms with van der Waals surface area (Å²) in [6, 6.07) is 65.3. The Morgan fingerprint density at radius 2 is 1.06 bits per heavy atom. The van der Waals surface area contributed by atoms with E-state index in [0.29, 0.717) is 0 Å². The van der Waals surface area contributed by atoms with Gasteiger partial charge in [0.1, 0.15) is 23.4 Å². The lowest BCUT2D eigenvalue weighted by Gasteiger charge is -2.39. The summed E-state index contributed by atoms with van der Waals surface area (Å²) >= 11 is 0. The Morgan fingerprint density at radius 3 is 1.88 bits per heavy atom. The van der Waals surface area contributed by atoms with Gasteiger partial charge in [-0.2, -0.15) is 0 Å². The molecule has 8 aromatic rings. The third kappa shape index (κ3) is 4.11. The summed E-state index contributed by atoms with van der Waals surface area (Å²) in [4.78, 5) is 5.38. The predicted octanol–water partition coefficient (Wildman–Crippen LogP) is 11.9. The number of aliphatic imine (C=N–C) groups is 1. The first-order valence-electron chi connectivity index (χ1n) is 17.9. The van der Waals surface area contributed by atoms with Crippen molar-refractivity contribution in [1.29, 1.82) is 0 Å². The average molecular weight is 665 g/mol. The average Bonchev–Trinajstić information content (AvgIpc) is 3.51. The first-order chi connectivity index (χ1) is 25.8. The molecule has 11 rings (SSSR count). The molecule has 52 heavy (non-hydrogen) atoms. The zero-order valence-electron chi connectivity index (χ0n) is 28.3. The van der Waals surface area contributed by atoms with Crippen LogP contribution in [0.4, 0.5) is 5.69 Å². The van der Waals surface area contributed by atoms with Crippen LogP contribution in [-0.4, -0.2) is 5.84 Å². The molecule has 1 unspecified atom stereocenters. The Hall–Kier alpha value is -6.71. The van der Waals surface area contributed by atoms with Crippen LogP contribution in [0, 0.1) is 0 Å². The second kappa shape index (κ2) is 11.1. The summed E-state index contributed by atoms with van der Waals surface area (Å²) in [5, 5.41) is 6.11. The molecular formula is C49H32N2O. The highest BCUT2D eigenvalue weighted by molar-refractivity contribution is 6.10. The van der Waals surface area contributed by atoms with Crippen molar-refractivity contribution in [3.63, 3.8) is 0 Å². The van der Waals surface area contributed by atoms with Crippen LogP contribution in [0.1, 0.15) is 45.0 Å². The molecule has 2 heterocycles. The lowest BCUT2D eigenvalue weighted by Crippen LogP contribution is -2.32. The van der Waals surface area contributed by atoms with Crippen LogP contribution in [0.2, 0.25) is 0 Å². The summed E-state index contributed by atoms with van der Waals surface area (Å²) < 4.78 is 6.66. The molecule has 1 spiro atoms. The molecule has 8 aromatic carbocycles. The van der Waals surface area contributed by atoms with Crippen LogP contribution in [-0.2, 0) is 5.41 Å². The third-order valence-electron chi connectivity index (χ3n) is 11.2. The number of fused-ring (bicyclic) bond motifs is 11. The number of amidine groups is 1. The summed E-state index contributed by atoms with van der Waals surface area (Å²) in [6.45, 7) is 0. The molecule has 1 N–H and O–H groups in total. The standard InChI is InChI=1S/C49H32N2O/c1-2-14-35-32(12-1)13-11-18-38(35)47-39-17-5-9-22-44(39)50-48(51-47)33-26-24-31(25-27-33)34-28-29-46-43(30-34)49(42-21-8-10-23-45(42)52-46)40-19-6-3-15-36(40)37-16-4-7-20-41(37)49/h1-30,47H,(H,50,51). The third-order valence-corrected chi connectivity index (χ3v) is 11.2. The summed E-state index contributed by atoms with van der Waals surface area (Å²) in [5.41, 5.74) is 13.8. The van der Waals surface area contributed by atoms with Crippen molar-refractivity contribution >= 4 is 22.3 Å². The van der Waals surface area contributed by atoms with E-state index in [1.807, 2.05) is 0 Å². The number of anilines is 1. The normalized spacial score (nSPS) is 15.7. The molecule has 0 saturated carbocycles. The number of benzene rings is 8. The van der Waals surface area contributed by atoms with Gasteiger partial charge in [0.05, 0.1) is 5.41 Å². The first-order valence-corrected chi connectivity index (χ1v) is 17.9. The highest BCUT2D eigenvalue weighted by Crippen LogP contribution is 2.62. The number of para-hydroxylation sites is 2. The van der Waals surface area contributed by atoms with Gasteiger partial charge in [-0.05, 0) is 74.0 Å². The number of hydrogen-bond acceptors (Lipinski definition) is 3. The zero-order chi connectivity index (χ0) is 34.2. The maximum absolute atomic E-state index is 6.66. The summed E-state index contributed by atoms with van der Waals surface area (Å²) in [6.07, 6.45) is 0. The van der Waals surface area contributed by atoms with Gasteiger partial charge >= 0.3 is 0 Å². The van der Waals surface area contributed by atoms with Gasteiger partial charge in [0.15, 0.2) is 0 Å². The predicted molar refractivity (Wildman–Crippen MR) is 212 cm³/mol. The molecule has 3 aliphatic rings. The van der Waals surface area contributed by atoms with E-state index >= 15 is 0 Å². The maximum Gasteiger partial charge on any atom is 0.133 e. The van der Waals surface area contributed by atoms with E-state index in [-0.39, 0.29) is 6.04 Å². The van der Waals surface area contributed by atoms with Gasteiger partial charge in [0.25, 0.3) is 0 Å². The summed E-state index contributed by atoms with van der Waals surface area (Å²) in [7, 11) is 0. The molecular weight excluding hydrogens is 633 g/mol. The lowest BCUT2D eigenvalue weighted by molar-refractivity contribution is 0.436. The van der Waals surface area contributed by atoms with Crippen LogP contribution >= 0.6 is 0 Å². The van der Waals surface area contributed by atoms with E-state index in [9.17, 15) is 0 Å². The van der Waals surface area contributed by atoms with E-state index in [0.717, 1.165) is 45.3 Å². The Bertz CT molecular complexity index is 2710. The van der Waals surface area contributed by atoms with Gasteiger partial charge < -0.3 is 10.1 Å². The van der Waals surface area contributed by atoms with Gasteiger partial charge in [-0.1, -0.05) is 158 Å². The van der Waals surface area contributed by atoms with Crippen molar-refractivity contribution in [2.24, 2.45) is 4.99 Å². The molecule has 0 aromatic heterocycles. The van der Waals surface area contributed by atoms with Crippen molar-refractivity contribution in [3.8, 4) is 33.8 Å². The number of hydrogen-bond donors (Lipinski definition) is 1. The molecule has 0 amide bonds. The van der Waals surface area contributed by atoms with Crippen molar-refractivity contribution in [3.05, 3.63) is 221 Å². The van der Waals surface area contributed by atoms with E-state index < -0.39 is 5.41 Å². The van der Waals surface area contributed by atoms with E-state index in [1.54, 1.807) is 0 Å². The van der Waals surface area contributed by atoms with Gasteiger partial charge in [-0.15, -0.1) is 0 Å². The van der Waals surface area contributed by atoms with E-state index in [2.05, 4.69) is 187 Å². The quantitative estimate of drug-likeness (QED) is 0.204. The van der Waals surface area contributed by atoms with Gasteiger partial charge in [-0.3, -0.25) is 4.99 Å². The number of ether oxygens (including phenoxy) is 1. The highest BCUT2D eigenvalue weighted by atomic mass is 16.5. The molecule has 0 saturated heterocycles. The molecule has 3 heteroatoms. The molecule has 3 nitrogen and oxygen atoms in total. The molecule has 244 valence electrons. The lowest BCUT2D eigenvalue weighted by atomic mass is 9.66. The molecule has 0 bridgehead atoms. The van der Waals surface area contributed by atoms with Crippen LogP contribution in [0.15, 0.2) is 187 Å². The summed E-state index contributed by atoms with van der Waals surface area (Å²) in [5.74, 6) is 2.67. The first kappa shape index (κ1) is 29.1. The maximum atomic E-state index is 6.66. The minimum absolute atomic E-state index is 0.116. The Labute approximate surface area is 302 Å². The minimum Gasteiger partial charge on any atom is -0.457 e. The van der Waals surface area contributed by atoms with Crippen molar-refractivity contribution < 1.29 is 4.74 Å². The second-order valence-electron chi connectivity index (χ2n) is 13.9. The number of nitrogens with one attached hydrogen (secondary N) is 1. The van der Waals surface area contributed by atoms with Crippen molar-refractivity contribution in [2.75, 3.05) is 5.32 Å². The van der Waals surface area contributed by atoms with Crippen molar-refractivity contribution in [1.82, 2.24) is 0 Å². The SMILES string of the molecule is c1ccc2c(c1)NC(c1ccc(-c3ccc4c(c3)C3(c5ccccc5O4)c4ccccc4-c4ccccc43)cc1)=NC2c1cccc2ccccc12. The molecule has 0 fully saturated rings. The van der Waals surface area contributed by atoms with Crippen LogP contribution in [0.3, 0.4) is 0 Å². The molecule has 1 aliphatic carbocycles. The monoisotopic (exact) mass is 664 g/mol. The fourth-order valence-electron chi connectivity index (χ4n) is 8.94. The topological polar surface area (TPSA) is 33.6 Å². The van der Waals surface area contributed by atoms with E-state index in [4.69, 9.17) is 9.73 Å². The Morgan fingerprint density at radius 1 is 0.462 bits per heavy atom. The number of rotatable bonds is 3. The van der Waals surface area contributed by atoms with Gasteiger partial charge in [0.2, 0.25) is 0 Å². The van der Waals surface area contributed by atoms with E-state index in [1.165, 1.54) is 49.7 Å². The van der Waals surface area contributed by atoms with Crippen LogP contribution in [0.5, 0.6) is 11.5 Å². The fraction of sp³-hybridized carbons (Fsp3) is 0.0408. The molecule has 0 radical (unpaired) electrons. The molecule has 2 aliphatic heterocycles. The van der Waals surface area contributed by atoms with Crippen LogP contribution < -0.4 is 10.1 Å². The van der Waals surface area contributed by atoms with Gasteiger partial charge in [-0.25, -0.2) is 0 Å². The fourth-order valence-corrected chi connectivity index (χ4v) is 8.94. The number of nitrogens with zero attached hydrogens (tertiary/aromatic N) is 1. The highest BCUT2D eigenvalue weighted by Gasteiger charge is 2.51. The zero-order valence-corrected chi connectivity index (χ0v) is 28.3. The van der Waals surface area contributed by atoms with Gasteiger partial charge in [0, 0.05) is 27.9 Å². The largest absolute Gasteiger partial charge is 0.457 e. The van der Waals surface area contributed by atoms with Crippen LogP contribution in [0.25, 0.3) is 33.0 Å². The Balaban J connectivity index is 1.03.